The van der Waals surface area contributed by atoms with Crippen LogP contribution in [0.25, 0.3) is 0 Å². The summed E-state index contributed by atoms with van der Waals surface area (Å²) in [6.45, 7) is 1.77. The second kappa shape index (κ2) is 8.09. The highest BCUT2D eigenvalue weighted by atomic mass is 35.5. The second-order valence-electron chi connectivity index (χ2n) is 6.19. The number of halogens is 5. The summed E-state index contributed by atoms with van der Waals surface area (Å²) in [7, 11) is 0. The Balaban J connectivity index is 2.03. The highest BCUT2D eigenvalue weighted by Gasteiger charge is 2.35. The van der Waals surface area contributed by atoms with E-state index in [1.807, 2.05) is 0 Å². The fourth-order valence-corrected chi connectivity index (χ4v) is 3.83. The van der Waals surface area contributed by atoms with Gasteiger partial charge in [-0.2, -0.15) is 13.2 Å². The Hall–Kier alpha value is -2.12. The zero-order chi connectivity index (χ0) is 20.5. The molecule has 150 valence electrons. The molecule has 0 radical (unpaired) electrons. The third kappa shape index (κ3) is 4.47. The minimum absolute atomic E-state index is 0.136. The standard InChI is InChI=1S/C19H16Cl2F3NO3/c1-2-27-18(26)28-16-9-13(10-4-3-5-11(6-10)19(22,23)24)17-14(21)7-12(20)8-15(17)25-16/h3-8,13,16,25H,2,9H2,1H3. The number of nitrogens with one attached hydrogen (secondary N) is 1. The summed E-state index contributed by atoms with van der Waals surface area (Å²) in [4.78, 5) is 11.7. The van der Waals surface area contributed by atoms with Crippen molar-refractivity contribution in [1.29, 1.82) is 0 Å². The number of hydrogen-bond acceptors (Lipinski definition) is 4. The maximum absolute atomic E-state index is 13.2. The van der Waals surface area contributed by atoms with Crippen molar-refractivity contribution in [3.63, 3.8) is 0 Å². The van der Waals surface area contributed by atoms with E-state index in [2.05, 4.69) is 5.32 Å². The second-order valence-corrected chi connectivity index (χ2v) is 7.04. The average molecular weight is 434 g/mol. The SMILES string of the molecule is CCOC(=O)OC1CC(c2cccc(C(F)(F)F)c2)c2c(Cl)cc(Cl)cc2N1. The van der Waals surface area contributed by atoms with E-state index in [1.54, 1.807) is 19.1 Å². The number of benzene rings is 2. The Kier molecular flexibility index (Phi) is 5.95. The Morgan fingerprint density at radius 1 is 1.25 bits per heavy atom. The summed E-state index contributed by atoms with van der Waals surface area (Å²) in [6, 6.07) is 8.11. The third-order valence-corrected chi connectivity index (χ3v) is 4.86. The number of ether oxygens (including phenoxy) is 2. The van der Waals surface area contributed by atoms with Gasteiger partial charge in [0.15, 0.2) is 6.23 Å². The van der Waals surface area contributed by atoms with Crippen LogP contribution in [0, 0.1) is 0 Å². The summed E-state index contributed by atoms with van der Waals surface area (Å²) in [5.74, 6) is -0.539. The van der Waals surface area contributed by atoms with Crippen LogP contribution in [0.3, 0.4) is 0 Å². The normalized spacial score (nSPS) is 18.8. The summed E-state index contributed by atoms with van der Waals surface area (Å²) in [5, 5.41) is 3.65. The van der Waals surface area contributed by atoms with Gasteiger partial charge in [0.05, 0.1) is 12.2 Å². The van der Waals surface area contributed by atoms with E-state index in [4.69, 9.17) is 32.7 Å². The Morgan fingerprint density at radius 3 is 2.68 bits per heavy atom. The molecule has 28 heavy (non-hydrogen) atoms. The van der Waals surface area contributed by atoms with Gasteiger partial charge < -0.3 is 14.8 Å². The zero-order valence-corrected chi connectivity index (χ0v) is 16.2. The fourth-order valence-electron chi connectivity index (χ4n) is 3.20. The van der Waals surface area contributed by atoms with Gasteiger partial charge in [-0.15, -0.1) is 0 Å². The lowest BCUT2D eigenvalue weighted by Crippen LogP contribution is -2.33. The molecule has 0 aromatic heterocycles. The minimum Gasteiger partial charge on any atom is -0.435 e. The van der Waals surface area contributed by atoms with Gasteiger partial charge in [-0.3, -0.25) is 0 Å². The number of carbonyl (C=O) groups excluding carboxylic acids is 1. The molecule has 2 unspecified atom stereocenters. The van der Waals surface area contributed by atoms with Crippen molar-refractivity contribution in [2.24, 2.45) is 0 Å². The van der Waals surface area contributed by atoms with Crippen LogP contribution in [0.15, 0.2) is 36.4 Å². The molecule has 2 aromatic carbocycles. The molecule has 3 rings (SSSR count). The first-order valence-corrected chi connectivity index (χ1v) is 9.20. The van der Waals surface area contributed by atoms with Gasteiger partial charge in [-0.1, -0.05) is 41.4 Å². The predicted molar refractivity (Wildman–Crippen MR) is 99.9 cm³/mol. The first-order chi connectivity index (χ1) is 13.2. The number of anilines is 1. The number of rotatable bonds is 3. The molecule has 9 heteroatoms. The number of hydrogen-bond donors (Lipinski definition) is 1. The Morgan fingerprint density at radius 2 is 2.00 bits per heavy atom. The van der Waals surface area contributed by atoms with E-state index in [9.17, 15) is 18.0 Å². The first kappa shape index (κ1) is 20.6. The summed E-state index contributed by atoms with van der Waals surface area (Å²) in [5.41, 5.74) is 0.715. The lowest BCUT2D eigenvalue weighted by molar-refractivity contribution is -0.137. The molecule has 2 atom stereocenters. The molecule has 1 aliphatic heterocycles. The third-order valence-electron chi connectivity index (χ3n) is 4.33. The molecule has 0 bridgehead atoms. The van der Waals surface area contributed by atoms with Crippen LogP contribution in [0.5, 0.6) is 0 Å². The predicted octanol–water partition coefficient (Wildman–Crippen LogP) is 6.46. The molecule has 0 saturated carbocycles. The quantitative estimate of drug-likeness (QED) is 0.564. The molecule has 1 aliphatic rings. The summed E-state index contributed by atoms with van der Waals surface area (Å²) in [6.07, 6.45) is -6.00. The van der Waals surface area contributed by atoms with E-state index in [-0.39, 0.29) is 13.0 Å². The number of carbonyl (C=O) groups is 1. The fraction of sp³-hybridized carbons (Fsp3) is 0.316. The van der Waals surface area contributed by atoms with E-state index in [1.165, 1.54) is 12.1 Å². The van der Waals surface area contributed by atoms with Crippen LogP contribution >= 0.6 is 23.2 Å². The lowest BCUT2D eigenvalue weighted by atomic mass is 9.83. The average Bonchev–Trinajstić information content (AvgIpc) is 2.60. The zero-order valence-electron chi connectivity index (χ0n) is 14.6. The largest absolute Gasteiger partial charge is 0.510 e. The van der Waals surface area contributed by atoms with Crippen molar-refractivity contribution in [3.8, 4) is 0 Å². The van der Waals surface area contributed by atoms with Crippen LogP contribution in [0.2, 0.25) is 10.0 Å². The molecule has 1 N–H and O–H groups in total. The molecular formula is C19H16Cl2F3NO3. The van der Waals surface area contributed by atoms with Crippen molar-refractivity contribution in [1.82, 2.24) is 0 Å². The molecule has 0 spiro atoms. The van der Waals surface area contributed by atoms with Crippen molar-refractivity contribution in [2.75, 3.05) is 11.9 Å². The van der Waals surface area contributed by atoms with Gasteiger partial charge in [-0.05, 0) is 30.7 Å². The van der Waals surface area contributed by atoms with Gasteiger partial charge in [0, 0.05) is 33.6 Å². The molecule has 0 amide bonds. The van der Waals surface area contributed by atoms with Crippen LogP contribution in [-0.4, -0.2) is 19.0 Å². The maximum atomic E-state index is 13.2. The molecule has 1 heterocycles. The molecule has 0 saturated heterocycles. The highest BCUT2D eigenvalue weighted by Crippen LogP contribution is 2.45. The Bertz CT molecular complexity index is 889. The highest BCUT2D eigenvalue weighted by molar-refractivity contribution is 6.35. The van der Waals surface area contributed by atoms with Crippen molar-refractivity contribution >= 4 is 35.0 Å². The van der Waals surface area contributed by atoms with Gasteiger partial charge in [0.1, 0.15) is 0 Å². The lowest BCUT2D eigenvalue weighted by Gasteiger charge is -2.33. The topological polar surface area (TPSA) is 47.6 Å². The summed E-state index contributed by atoms with van der Waals surface area (Å²) >= 11 is 12.4. The van der Waals surface area contributed by atoms with Gasteiger partial charge in [-0.25, -0.2) is 4.79 Å². The summed E-state index contributed by atoms with van der Waals surface area (Å²) < 4.78 is 49.5. The van der Waals surface area contributed by atoms with Gasteiger partial charge in [0.2, 0.25) is 0 Å². The minimum atomic E-state index is -4.48. The van der Waals surface area contributed by atoms with Crippen LogP contribution in [-0.2, 0) is 15.7 Å². The van der Waals surface area contributed by atoms with Gasteiger partial charge in [0.25, 0.3) is 0 Å². The van der Waals surface area contributed by atoms with Crippen molar-refractivity contribution in [3.05, 3.63) is 63.1 Å². The van der Waals surface area contributed by atoms with Crippen molar-refractivity contribution < 1.29 is 27.4 Å². The van der Waals surface area contributed by atoms with Crippen LogP contribution in [0.1, 0.15) is 36.0 Å². The number of fused-ring (bicyclic) bond motifs is 1. The monoisotopic (exact) mass is 433 g/mol. The molecule has 0 aliphatic carbocycles. The molecular weight excluding hydrogens is 418 g/mol. The van der Waals surface area contributed by atoms with E-state index in [0.29, 0.717) is 26.9 Å². The molecule has 0 fully saturated rings. The van der Waals surface area contributed by atoms with E-state index < -0.39 is 30.0 Å². The molecule has 2 aromatic rings. The van der Waals surface area contributed by atoms with E-state index >= 15 is 0 Å². The first-order valence-electron chi connectivity index (χ1n) is 8.45. The number of alkyl halides is 3. The molecule has 4 nitrogen and oxygen atoms in total. The van der Waals surface area contributed by atoms with Gasteiger partial charge >= 0.3 is 12.3 Å². The van der Waals surface area contributed by atoms with E-state index in [0.717, 1.165) is 12.1 Å². The van der Waals surface area contributed by atoms with Crippen molar-refractivity contribution in [2.45, 2.75) is 31.7 Å². The smallest absolute Gasteiger partial charge is 0.435 e. The van der Waals surface area contributed by atoms with Crippen LogP contribution in [0.4, 0.5) is 23.7 Å². The Labute approximate surface area is 169 Å². The maximum Gasteiger partial charge on any atom is 0.510 e. The van der Waals surface area contributed by atoms with Crippen LogP contribution < -0.4 is 5.32 Å².